The van der Waals surface area contributed by atoms with Crippen LogP contribution in [0.25, 0.3) is 0 Å². The zero-order valence-electron chi connectivity index (χ0n) is 14.7. The summed E-state index contributed by atoms with van der Waals surface area (Å²) in [4.78, 5) is 22.0. The van der Waals surface area contributed by atoms with Crippen LogP contribution in [-0.4, -0.2) is 24.0 Å². The maximum Gasteiger partial charge on any atom is 0.272 e. The van der Waals surface area contributed by atoms with Crippen molar-refractivity contribution >= 4 is 11.6 Å². The number of halogens is 1. The number of carbonyl (C=O) groups excluding carboxylic acids is 1. The van der Waals surface area contributed by atoms with Gasteiger partial charge in [0.2, 0.25) is 5.91 Å². The molecule has 0 heterocycles. The van der Waals surface area contributed by atoms with E-state index in [4.69, 9.17) is 4.74 Å². The van der Waals surface area contributed by atoms with Gasteiger partial charge in [-0.15, -0.1) is 0 Å². The fourth-order valence-electron chi connectivity index (χ4n) is 2.54. The number of hydrogen-bond acceptors (Lipinski definition) is 4. The zero-order valence-corrected chi connectivity index (χ0v) is 14.7. The molecule has 0 aliphatic carbocycles. The highest BCUT2D eigenvalue weighted by molar-refractivity contribution is 5.79. The molecule has 26 heavy (non-hydrogen) atoms. The molecule has 0 aliphatic heterocycles. The van der Waals surface area contributed by atoms with Crippen molar-refractivity contribution in [1.82, 2.24) is 5.32 Å². The molecule has 0 saturated carbocycles. The number of nitrogens with zero attached hydrogens (tertiary/aromatic N) is 1. The first kappa shape index (κ1) is 19.4. The summed E-state index contributed by atoms with van der Waals surface area (Å²) in [6.45, 7) is 1.88. The molecule has 1 amide bonds. The van der Waals surface area contributed by atoms with Gasteiger partial charge in [-0.3, -0.25) is 14.9 Å². The van der Waals surface area contributed by atoms with Crippen LogP contribution >= 0.6 is 0 Å². The molecule has 1 atom stereocenters. The van der Waals surface area contributed by atoms with Gasteiger partial charge in [-0.1, -0.05) is 12.1 Å². The standard InChI is InChI=1S/C19H21FN2O4/c1-13(3-4-14-5-9-17(26-2)10-6-14)21-19(23)11-15-7-8-16(22(24)25)12-18(15)20/h5-10,12-13H,3-4,11H2,1-2H3,(H,21,23)/t13-/m1/s1. The van der Waals surface area contributed by atoms with Crippen molar-refractivity contribution in [2.75, 3.05) is 7.11 Å². The predicted molar refractivity (Wildman–Crippen MR) is 95.7 cm³/mol. The van der Waals surface area contributed by atoms with Crippen molar-refractivity contribution in [2.45, 2.75) is 32.2 Å². The number of nitro groups is 1. The number of benzene rings is 2. The molecule has 0 bridgehead atoms. The second kappa shape index (κ2) is 8.94. The summed E-state index contributed by atoms with van der Waals surface area (Å²) in [6.07, 6.45) is 1.37. The largest absolute Gasteiger partial charge is 0.497 e. The van der Waals surface area contributed by atoms with Crippen LogP contribution in [0, 0.1) is 15.9 Å². The third-order valence-electron chi connectivity index (χ3n) is 4.03. The van der Waals surface area contributed by atoms with E-state index >= 15 is 0 Å². The van der Waals surface area contributed by atoms with Crippen LogP contribution in [0.3, 0.4) is 0 Å². The smallest absolute Gasteiger partial charge is 0.272 e. The number of aryl methyl sites for hydroxylation is 1. The average molecular weight is 360 g/mol. The molecule has 7 heteroatoms. The van der Waals surface area contributed by atoms with Crippen LogP contribution in [0.1, 0.15) is 24.5 Å². The minimum Gasteiger partial charge on any atom is -0.497 e. The lowest BCUT2D eigenvalue weighted by Gasteiger charge is -2.14. The minimum absolute atomic E-state index is 0.0780. The zero-order chi connectivity index (χ0) is 19.1. The number of methoxy groups -OCH3 is 1. The summed E-state index contributed by atoms with van der Waals surface area (Å²) in [7, 11) is 1.61. The van der Waals surface area contributed by atoms with Gasteiger partial charge in [0, 0.05) is 12.1 Å². The molecule has 6 nitrogen and oxygen atoms in total. The molecule has 0 aromatic heterocycles. The van der Waals surface area contributed by atoms with Gasteiger partial charge in [0.25, 0.3) is 5.69 Å². The Balaban J connectivity index is 1.83. The molecular weight excluding hydrogens is 339 g/mol. The number of nitrogens with one attached hydrogen (secondary N) is 1. The van der Waals surface area contributed by atoms with Gasteiger partial charge >= 0.3 is 0 Å². The van der Waals surface area contributed by atoms with Crippen molar-refractivity contribution in [3.8, 4) is 5.75 Å². The van der Waals surface area contributed by atoms with E-state index in [1.165, 1.54) is 12.1 Å². The highest BCUT2D eigenvalue weighted by atomic mass is 19.1. The van der Waals surface area contributed by atoms with Crippen LogP contribution in [0.5, 0.6) is 5.75 Å². The Bertz CT molecular complexity index is 778. The normalized spacial score (nSPS) is 11.7. The fraction of sp³-hybridized carbons (Fsp3) is 0.316. The summed E-state index contributed by atoms with van der Waals surface area (Å²) in [5.41, 5.74) is 0.934. The Hall–Kier alpha value is -2.96. The van der Waals surface area contributed by atoms with E-state index in [9.17, 15) is 19.3 Å². The Kier molecular flexibility index (Phi) is 6.66. The lowest BCUT2D eigenvalue weighted by Crippen LogP contribution is -2.34. The summed E-state index contributed by atoms with van der Waals surface area (Å²) < 4.78 is 19.0. The second-order valence-corrected chi connectivity index (χ2v) is 6.06. The summed E-state index contributed by atoms with van der Waals surface area (Å²) in [5.74, 6) is -0.277. The van der Waals surface area contributed by atoms with E-state index in [2.05, 4.69) is 5.32 Å². The number of nitro benzene ring substituents is 1. The number of hydrogen-bond donors (Lipinski definition) is 1. The van der Waals surface area contributed by atoms with E-state index in [1.54, 1.807) is 7.11 Å². The number of ether oxygens (including phenoxy) is 1. The van der Waals surface area contributed by atoms with Gasteiger partial charge < -0.3 is 10.1 Å². The first-order valence-corrected chi connectivity index (χ1v) is 8.24. The third-order valence-corrected chi connectivity index (χ3v) is 4.03. The van der Waals surface area contributed by atoms with E-state index in [0.717, 1.165) is 30.2 Å². The Morgan fingerprint density at radius 2 is 1.96 bits per heavy atom. The Morgan fingerprint density at radius 1 is 1.27 bits per heavy atom. The first-order chi connectivity index (χ1) is 12.4. The highest BCUT2D eigenvalue weighted by Crippen LogP contribution is 2.17. The van der Waals surface area contributed by atoms with Crippen LogP contribution in [0.2, 0.25) is 0 Å². The van der Waals surface area contributed by atoms with Crippen molar-refractivity contribution in [1.29, 1.82) is 0 Å². The van der Waals surface area contributed by atoms with Gasteiger partial charge in [0.1, 0.15) is 11.6 Å². The SMILES string of the molecule is COc1ccc(CC[C@@H](C)NC(=O)Cc2ccc([N+](=O)[O-])cc2F)cc1. The lowest BCUT2D eigenvalue weighted by atomic mass is 10.1. The van der Waals surface area contributed by atoms with Crippen molar-refractivity contribution in [2.24, 2.45) is 0 Å². The van der Waals surface area contributed by atoms with E-state index in [1.807, 2.05) is 31.2 Å². The summed E-state index contributed by atoms with van der Waals surface area (Å²) in [6, 6.07) is 10.9. The first-order valence-electron chi connectivity index (χ1n) is 8.24. The number of amides is 1. The van der Waals surface area contributed by atoms with E-state index < -0.39 is 10.7 Å². The molecule has 0 aliphatic rings. The number of carbonyl (C=O) groups is 1. The predicted octanol–water partition coefficient (Wildman–Crippen LogP) is 3.42. The lowest BCUT2D eigenvalue weighted by molar-refractivity contribution is -0.385. The molecule has 0 spiro atoms. The van der Waals surface area contributed by atoms with Gasteiger partial charge in [-0.2, -0.15) is 0 Å². The average Bonchev–Trinajstić information content (AvgIpc) is 2.62. The summed E-state index contributed by atoms with van der Waals surface area (Å²) in [5, 5.41) is 13.4. The molecule has 138 valence electrons. The topological polar surface area (TPSA) is 81.5 Å². The molecule has 2 aromatic rings. The second-order valence-electron chi connectivity index (χ2n) is 6.06. The van der Waals surface area contributed by atoms with Gasteiger partial charge in [-0.25, -0.2) is 4.39 Å². The molecule has 2 aromatic carbocycles. The molecule has 1 N–H and O–H groups in total. The van der Waals surface area contributed by atoms with Gasteiger partial charge in [-0.05, 0) is 49.1 Å². The fourth-order valence-corrected chi connectivity index (χ4v) is 2.54. The Labute approximate surface area is 151 Å². The quantitative estimate of drug-likeness (QED) is 0.578. The molecule has 0 radical (unpaired) electrons. The van der Waals surface area contributed by atoms with Crippen molar-refractivity contribution < 1.29 is 18.8 Å². The van der Waals surface area contributed by atoms with Crippen LogP contribution < -0.4 is 10.1 Å². The van der Waals surface area contributed by atoms with E-state index in [0.29, 0.717) is 0 Å². The van der Waals surface area contributed by atoms with Gasteiger partial charge in [0.15, 0.2) is 0 Å². The van der Waals surface area contributed by atoms with Crippen molar-refractivity contribution in [3.63, 3.8) is 0 Å². The maximum absolute atomic E-state index is 13.8. The molecule has 2 rings (SSSR count). The molecular formula is C19H21FN2O4. The van der Waals surface area contributed by atoms with Gasteiger partial charge in [0.05, 0.1) is 24.5 Å². The van der Waals surface area contributed by atoms with Crippen LogP contribution in [0.15, 0.2) is 42.5 Å². The Morgan fingerprint density at radius 3 is 2.54 bits per heavy atom. The third kappa shape index (κ3) is 5.54. The molecule has 0 saturated heterocycles. The van der Waals surface area contributed by atoms with Crippen molar-refractivity contribution in [3.05, 3.63) is 69.5 Å². The molecule has 0 unspecified atom stereocenters. The molecule has 0 fully saturated rings. The van der Waals surface area contributed by atoms with Crippen LogP contribution in [-0.2, 0) is 17.6 Å². The highest BCUT2D eigenvalue weighted by Gasteiger charge is 2.14. The van der Waals surface area contributed by atoms with Crippen LogP contribution in [0.4, 0.5) is 10.1 Å². The van der Waals surface area contributed by atoms with E-state index in [-0.39, 0.29) is 29.6 Å². The minimum atomic E-state index is -0.750. The number of non-ortho nitro benzene ring substituents is 1. The number of rotatable bonds is 8. The maximum atomic E-state index is 13.8. The summed E-state index contributed by atoms with van der Waals surface area (Å²) >= 11 is 0. The monoisotopic (exact) mass is 360 g/mol.